The summed E-state index contributed by atoms with van der Waals surface area (Å²) in [4.78, 5) is 6.75. The predicted octanol–water partition coefficient (Wildman–Crippen LogP) is 2.16. The Bertz CT molecular complexity index is 487. The molecule has 0 saturated heterocycles. The van der Waals surface area contributed by atoms with Crippen LogP contribution in [0.4, 0.5) is 5.69 Å². The van der Waals surface area contributed by atoms with Gasteiger partial charge in [0.1, 0.15) is 11.5 Å². The average Bonchev–Trinajstić information content (AvgIpc) is 2.54. The van der Waals surface area contributed by atoms with Gasteiger partial charge >= 0.3 is 0 Å². The molecule has 0 heterocycles. The van der Waals surface area contributed by atoms with Crippen LogP contribution >= 0.6 is 0 Å². The van der Waals surface area contributed by atoms with Gasteiger partial charge in [0.05, 0.1) is 26.5 Å². The van der Waals surface area contributed by atoms with Gasteiger partial charge in [-0.25, -0.2) is 0 Å². The van der Waals surface area contributed by atoms with Crippen molar-refractivity contribution >= 4 is 11.6 Å². The van der Waals surface area contributed by atoms with E-state index in [0.717, 1.165) is 24.5 Å². The molecule has 0 aliphatic heterocycles. The summed E-state index contributed by atoms with van der Waals surface area (Å²) in [6, 6.07) is 5.84. The van der Waals surface area contributed by atoms with Crippen molar-refractivity contribution in [2.45, 2.75) is 26.8 Å². The van der Waals surface area contributed by atoms with E-state index in [1.165, 1.54) is 0 Å². The summed E-state index contributed by atoms with van der Waals surface area (Å²) in [7, 11) is 3.23. The lowest BCUT2D eigenvalue weighted by atomic mass is 10.2. The van der Waals surface area contributed by atoms with Gasteiger partial charge in [-0.2, -0.15) is 0 Å². The summed E-state index contributed by atoms with van der Waals surface area (Å²) >= 11 is 0. The van der Waals surface area contributed by atoms with Crippen molar-refractivity contribution in [2.24, 2.45) is 10.7 Å². The van der Waals surface area contributed by atoms with E-state index in [1.54, 1.807) is 14.2 Å². The fraction of sp³-hybridized carbons (Fsp3) is 0.562. The van der Waals surface area contributed by atoms with E-state index in [2.05, 4.69) is 36.0 Å². The first-order valence-electron chi connectivity index (χ1n) is 7.58. The maximum absolute atomic E-state index is 5.98. The molecule has 1 aromatic carbocycles. The first kappa shape index (κ1) is 18.1. The molecule has 124 valence electrons. The largest absolute Gasteiger partial charge is 0.497 e. The van der Waals surface area contributed by atoms with Crippen LogP contribution in [0.2, 0.25) is 0 Å². The molecule has 3 N–H and O–H groups in total. The number of anilines is 1. The minimum Gasteiger partial charge on any atom is -0.497 e. The molecule has 0 radical (unpaired) electrons. The number of ether oxygens (including phenoxy) is 2. The fourth-order valence-corrected chi connectivity index (χ4v) is 2.28. The van der Waals surface area contributed by atoms with Crippen molar-refractivity contribution in [3.05, 3.63) is 18.2 Å². The number of methoxy groups -OCH3 is 2. The van der Waals surface area contributed by atoms with E-state index in [1.807, 2.05) is 18.2 Å². The summed E-state index contributed by atoms with van der Waals surface area (Å²) in [5.41, 5.74) is 6.71. The molecular weight excluding hydrogens is 280 g/mol. The van der Waals surface area contributed by atoms with Crippen molar-refractivity contribution in [1.82, 2.24) is 4.90 Å². The molecule has 1 atom stereocenters. The van der Waals surface area contributed by atoms with E-state index in [9.17, 15) is 0 Å². The molecule has 0 spiro atoms. The zero-order valence-electron chi connectivity index (χ0n) is 14.2. The molecule has 0 amide bonds. The van der Waals surface area contributed by atoms with E-state index in [-0.39, 0.29) is 0 Å². The van der Waals surface area contributed by atoms with Gasteiger partial charge < -0.3 is 20.5 Å². The molecule has 0 fully saturated rings. The molecule has 0 aromatic heterocycles. The van der Waals surface area contributed by atoms with E-state index < -0.39 is 0 Å². The molecule has 0 saturated carbocycles. The number of hydrogen-bond acceptors (Lipinski definition) is 4. The van der Waals surface area contributed by atoms with E-state index >= 15 is 0 Å². The summed E-state index contributed by atoms with van der Waals surface area (Å²) in [5, 5.41) is 3.07. The quantitative estimate of drug-likeness (QED) is 0.569. The Balaban J connectivity index is 2.75. The Hall–Kier alpha value is -1.95. The highest BCUT2D eigenvalue weighted by Gasteiger charge is 2.10. The number of nitrogens with zero attached hydrogens (tertiary/aromatic N) is 2. The molecule has 22 heavy (non-hydrogen) atoms. The van der Waals surface area contributed by atoms with Crippen LogP contribution in [0.5, 0.6) is 11.5 Å². The zero-order valence-corrected chi connectivity index (χ0v) is 14.2. The van der Waals surface area contributed by atoms with Crippen LogP contribution in [-0.2, 0) is 0 Å². The standard InChI is InChI=1S/C16H28N4O2/c1-6-20(7-2)12(3)11-18-16(17)19-14-10-13(21-4)8-9-15(14)22-5/h8-10,12H,6-7,11H2,1-5H3,(H3,17,18,19). The first-order chi connectivity index (χ1) is 10.5. The smallest absolute Gasteiger partial charge is 0.193 e. The number of rotatable bonds is 8. The van der Waals surface area contributed by atoms with Gasteiger partial charge in [0, 0.05) is 12.1 Å². The number of aliphatic imine (C=N–C) groups is 1. The van der Waals surface area contributed by atoms with Crippen molar-refractivity contribution in [1.29, 1.82) is 0 Å². The van der Waals surface area contributed by atoms with Crippen molar-refractivity contribution in [3.63, 3.8) is 0 Å². The van der Waals surface area contributed by atoms with E-state index in [0.29, 0.717) is 24.3 Å². The lowest BCUT2D eigenvalue weighted by Crippen LogP contribution is -2.36. The summed E-state index contributed by atoms with van der Waals surface area (Å²) in [6.45, 7) is 9.09. The van der Waals surface area contributed by atoms with Crippen LogP contribution in [0, 0.1) is 0 Å². The number of hydrogen-bond donors (Lipinski definition) is 2. The Kier molecular flexibility index (Phi) is 7.52. The second-order valence-corrected chi connectivity index (χ2v) is 4.99. The van der Waals surface area contributed by atoms with Crippen molar-refractivity contribution < 1.29 is 9.47 Å². The lowest BCUT2D eigenvalue weighted by Gasteiger charge is -2.24. The molecule has 1 unspecified atom stereocenters. The highest BCUT2D eigenvalue weighted by atomic mass is 16.5. The molecule has 1 rings (SSSR count). The third-order valence-electron chi connectivity index (χ3n) is 3.63. The second kappa shape index (κ2) is 9.15. The number of likely N-dealkylation sites (N-methyl/N-ethyl adjacent to an activating group) is 1. The second-order valence-electron chi connectivity index (χ2n) is 4.99. The maximum atomic E-state index is 5.98. The summed E-state index contributed by atoms with van der Waals surface area (Å²) in [6.07, 6.45) is 0. The first-order valence-corrected chi connectivity index (χ1v) is 7.58. The normalized spacial score (nSPS) is 13.1. The highest BCUT2D eigenvalue weighted by Crippen LogP contribution is 2.28. The lowest BCUT2D eigenvalue weighted by molar-refractivity contribution is 0.237. The Morgan fingerprint density at radius 3 is 2.50 bits per heavy atom. The van der Waals surface area contributed by atoms with Gasteiger partial charge in [0.15, 0.2) is 5.96 Å². The Labute approximate surface area is 133 Å². The molecule has 1 aromatic rings. The van der Waals surface area contributed by atoms with Gasteiger partial charge in [-0.3, -0.25) is 9.89 Å². The third kappa shape index (κ3) is 5.11. The van der Waals surface area contributed by atoms with Gasteiger partial charge in [-0.15, -0.1) is 0 Å². The molecule has 6 nitrogen and oxygen atoms in total. The summed E-state index contributed by atoms with van der Waals surface area (Å²) in [5.74, 6) is 1.79. The zero-order chi connectivity index (χ0) is 16.5. The average molecular weight is 308 g/mol. The number of nitrogens with one attached hydrogen (secondary N) is 1. The number of guanidine groups is 1. The molecule has 0 bridgehead atoms. The number of nitrogens with two attached hydrogens (primary N) is 1. The van der Waals surface area contributed by atoms with Crippen molar-refractivity contribution in [2.75, 3.05) is 39.2 Å². The SMILES string of the molecule is CCN(CC)C(C)CN=C(N)Nc1cc(OC)ccc1OC. The Morgan fingerprint density at radius 1 is 1.27 bits per heavy atom. The fourth-order valence-electron chi connectivity index (χ4n) is 2.28. The van der Waals surface area contributed by atoms with Crippen LogP contribution in [-0.4, -0.2) is 50.8 Å². The number of benzene rings is 1. The monoisotopic (exact) mass is 308 g/mol. The molecule has 6 heteroatoms. The van der Waals surface area contributed by atoms with Gasteiger partial charge in [-0.1, -0.05) is 13.8 Å². The minimum atomic E-state index is 0.350. The Morgan fingerprint density at radius 2 is 1.95 bits per heavy atom. The molecular formula is C16H28N4O2. The predicted molar refractivity (Wildman–Crippen MR) is 92.0 cm³/mol. The molecule has 0 aliphatic carbocycles. The third-order valence-corrected chi connectivity index (χ3v) is 3.63. The minimum absolute atomic E-state index is 0.350. The van der Waals surface area contributed by atoms with Crippen molar-refractivity contribution in [3.8, 4) is 11.5 Å². The van der Waals surface area contributed by atoms with Crippen LogP contribution in [0.15, 0.2) is 23.2 Å². The van der Waals surface area contributed by atoms with Gasteiger partial charge in [0.25, 0.3) is 0 Å². The van der Waals surface area contributed by atoms with E-state index in [4.69, 9.17) is 15.2 Å². The van der Waals surface area contributed by atoms with Crippen LogP contribution in [0.1, 0.15) is 20.8 Å². The summed E-state index contributed by atoms with van der Waals surface area (Å²) < 4.78 is 10.5. The van der Waals surface area contributed by atoms with Crippen LogP contribution in [0.25, 0.3) is 0 Å². The van der Waals surface area contributed by atoms with Crippen LogP contribution in [0.3, 0.4) is 0 Å². The van der Waals surface area contributed by atoms with Crippen LogP contribution < -0.4 is 20.5 Å². The molecule has 0 aliphatic rings. The highest BCUT2D eigenvalue weighted by molar-refractivity contribution is 5.94. The van der Waals surface area contributed by atoms with Gasteiger partial charge in [-0.05, 0) is 32.1 Å². The topological polar surface area (TPSA) is 72.1 Å². The van der Waals surface area contributed by atoms with Gasteiger partial charge in [0.2, 0.25) is 0 Å². The maximum Gasteiger partial charge on any atom is 0.193 e.